The number of carbonyl (C=O) groups is 2. The molecule has 0 heterocycles. The third kappa shape index (κ3) is 4.28. The number of nitrogens with two attached hydrogens (primary N) is 1. The molecule has 0 saturated heterocycles. The molecule has 6 heteroatoms. The first-order valence-corrected chi connectivity index (χ1v) is 5.44. The third-order valence-electron chi connectivity index (χ3n) is 1.85. The maximum absolute atomic E-state index is 11.1. The molecule has 17 heavy (non-hydrogen) atoms. The van der Waals surface area contributed by atoms with E-state index < -0.39 is 11.9 Å². The lowest BCUT2D eigenvalue weighted by Crippen LogP contribution is -2.21. The van der Waals surface area contributed by atoms with E-state index in [2.05, 4.69) is 26.0 Å². The van der Waals surface area contributed by atoms with Crippen LogP contribution in [0.2, 0.25) is 0 Å². The van der Waals surface area contributed by atoms with Crippen LogP contribution < -0.4 is 11.1 Å². The minimum absolute atomic E-state index is 0.0285. The summed E-state index contributed by atoms with van der Waals surface area (Å²) in [6, 6.07) is 7.05. The number of primary amides is 1. The predicted octanol–water partition coefficient (Wildman–Crippen LogP) is 1.40. The van der Waals surface area contributed by atoms with Crippen molar-refractivity contribution in [1.82, 2.24) is 0 Å². The van der Waals surface area contributed by atoms with Gasteiger partial charge in [0, 0.05) is 10.2 Å². The SMILES string of the molecule is COC(=O)/C=C(\Nc1ccc(Br)cc1)C(N)=O. The molecule has 0 aliphatic rings. The highest BCUT2D eigenvalue weighted by Crippen LogP contribution is 2.15. The van der Waals surface area contributed by atoms with E-state index in [0.29, 0.717) is 5.69 Å². The third-order valence-corrected chi connectivity index (χ3v) is 2.38. The Labute approximate surface area is 107 Å². The van der Waals surface area contributed by atoms with E-state index in [9.17, 15) is 9.59 Å². The second-order valence-corrected chi connectivity index (χ2v) is 3.99. The van der Waals surface area contributed by atoms with Crippen LogP contribution in [0.15, 0.2) is 40.5 Å². The Balaban J connectivity index is 2.88. The standard InChI is InChI=1S/C11H11BrN2O3/c1-17-10(15)6-9(11(13)16)14-8-4-2-7(12)3-5-8/h2-6,14H,1H3,(H2,13,16)/b9-6-. The van der Waals surface area contributed by atoms with Crippen molar-refractivity contribution in [3.05, 3.63) is 40.5 Å². The van der Waals surface area contributed by atoms with Gasteiger partial charge in [-0.2, -0.15) is 0 Å². The van der Waals surface area contributed by atoms with E-state index in [0.717, 1.165) is 10.5 Å². The van der Waals surface area contributed by atoms with Gasteiger partial charge in [0.05, 0.1) is 13.2 Å². The van der Waals surface area contributed by atoms with Crippen molar-refractivity contribution >= 4 is 33.5 Å². The summed E-state index contributed by atoms with van der Waals surface area (Å²) in [6.07, 6.45) is 1.00. The highest BCUT2D eigenvalue weighted by molar-refractivity contribution is 9.10. The van der Waals surface area contributed by atoms with Crippen LogP contribution in [0.1, 0.15) is 0 Å². The van der Waals surface area contributed by atoms with Crippen molar-refractivity contribution in [2.75, 3.05) is 12.4 Å². The van der Waals surface area contributed by atoms with Crippen molar-refractivity contribution in [1.29, 1.82) is 0 Å². The van der Waals surface area contributed by atoms with Gasteiger partial charge in [0.25, 0.3) is 5.91 Å². The van der Waals surface area contributed by atoms with Gasteiger partial charge in [-0.05, 0) is 24.3 Å². The molecule has 0 aliphatic heterocycles. The van der Waals surface area contributed by atoms with E-state index in [1.807, 2.05) is 0 Å². The number of hydrogen-bond acceptors (Lipinski definition) is 4. The van der Waals surface area contributed by atoms with Crippen LogP contribution in [0.4, 0.5) is 5.69 Å². The summed E-state index contributed by atoms with van der Waals surface area (Å²) >= 11 is 3.28. The van der Waals surface area contributed by atoms with Gasteiger partial charge in [-0.25, -0.2) is 4.79 Å². The number of nitrogens with one attached hydrogen (secondary N) is 1. The van der Waals surface area contributed by atoms with Gasteiger partial charge in [0.15, 0.2) is 0 Å². The molecule has 0 spiro atoms. The number of halogens is 1. The molecular weight excluding hydrogens is 288 g/mol. The highest BCUT2D eigenvalue weighted by atomic mass is 79.9. The quantitative estimate of drug-likeness (QED) is 0.650. The number of amides is 1. The summed E-state index contributed by atoms with van der Waals surface area (Å²) in [4.78, 5) is 22.1. The Morgan fingerprint density at radius 1 is 1.35 bits per heavy atom. The van der Waals surface area contributed by atoms with E-state index in [1.165, 1.54) is 7.11 Å². The topological polar surface area (TPSA) is 81.4 Å². The first-order chi connectivity index (χ1) is 8.02. The van der Waals surface area contributed by atoms with Gasteiger partial charge < -0.3 is 15.8 Å². The molecule has 1 aromatic rings. The molecular formula is C11H11BrN2O3. The molecule has 0 aliphatic carbocycles. The van der Waals surface area contributed by atoms with Gasteiger partial charge in [-0.1, -0.05) is 15.9 Å². The Kier molecular flexibility index (Phi) is 4.71. The average Bonchev–Trinajstić information content (AvgIpc) is 2.30. The number of methoxy groups -OCH3 is 1. The molecule has 0 saturated carbocycles. The van der Waals surface area contributed by atoms with Crippen LogP contribution in [0.3, 0.4) is 0 Å². The maximum Gasteiger partial charge on any atom is 0.332 e. The van der Waals surface area contributed by atoms with Crippen LogP contribution in [-0.4, -0.2) is 19.0 Å². The number of benzene rings is 1. The lowest BCUT2D eigenvalue weighted by atomic mass is 10.3. The zero-order chi connectivity index (χ0) is 12.8. The minimum atomic E-state index is -0.738. The van der Waals surface area contributed by atoms with Crippen LogP contribution >= 0.6 is 15.9 Å². The van der Waals surface area contributed by atoms with Crippen molar-refractivity contribution in [3.8, 4) is 0 Å². The molecule has 0 fully saturated rings. The minimum Gasteiger partial charge on any atom is -0.466 e. The highest BCUT2D eigenvalue weighted by Gasteiger charge is 2.08. The second kappa shape index (κ2) is 6.05. The Morgan fingerprint density at radius 3 is 2.41 bits per heavy atom. The van der Waals surface area contributed by atoms with Crippen molar-refractivity contribution < 1.29 is 14.3 Å². The summed E-state index contributed by atoms with van der Waals surface area (Å²) in [5.41, 5.74) is 5.74. The Bertz CT molecular complexity index is 454. The number of rotatable bonds is 4. The molecule has 0 bridgehead atoms. The van der Waals surface area contributed by atoms with Gasteiger partial charge in [0.2, 0.25) is 0 Å². The Morgan fingerprint density at radius 2 is 1.94 bits per heavy atom. The molecule has 1 rings (SSSR count). The molecule has 1 amide bonds. The van der Waals surface area contributed by atoms with Crippen molar-refractivity contribution in [2.24, 2.45) is 5.73 Å². The average molecular weight is 299 g/mol. The molecule has 90 valence electrons. The number of anilines is 1. The molecule has 3 N–H and O–H groups in total. The number of carbonyl (C=O) groups excluding carboxylic acids is 2. The number of hydrogen-bond donors (Lipinski definition) is 2. The fourth-order valence-electron chi connectivity index (χ4n) is 1.03. The first-order valence-electron chi connectivity index (χ1n) is 4.65. The van der Waals surface area contributed by atoms with Crippen LogP contribution in [0, 0.1) is 0 Å². The molecule has 5 nitrogen and oxygen atoms in total. The van der Waals surface area contributed by atoms with Crippen LogP contribution in [0.5, 0.6) is 0 Å². The largest absolute Gasteiger partial charge is 0.466 e. The first kappa shape index (κ1) is 13.2. The fourth-order valence-corrected chi connectivity index (χ4v) is 1.30. The second-order valence-electron chi connectivity index (χ2n) is 3.08. The summed E-state index contributed by atoms with van der Waals surface area (Å²) in [7, 11) is 1.22. The fraction of sp³-hybridized carbons (Fsp3) is 0.0909. The van der Waals surface area contributed by atoms with Gasteiger partial charge in [0.1, 0.15) is 5.70 Å². The zero-order valence-electron chi connectivity index (χ0n) is 9.07. The summed E-state index contributed by atoms with van der Waals surface area (Å²) in [5.74, 6) is -1.39. The Hall–Kier alpha value is -1.82. The molecule has 0 radical (unpaired) electrons. The van der Waals surface area contributed by atoms with E-state index in [-0.39, 0.29) is 5.70 Å². The smallest absolute Gasteiger partial charge is 0.332 e. The predicted molar refractivity (Wildman–Crippen MR) is 67.1 cm³/mol. The van der Waals surface area contributed by atoms with E-state index in [4.69, 9.17) is 5.73 Å². The summed E-state index contributed by atoms with van der Waals surface area (Å²) in [5, 5.41) is 2.74. The maximum atomic E-state index is 11.1. The lowest BCUT2D eigenvalue weighted by molar-refractivity contribution is -0.135. The van der Waals surface area contributed by atoms with E-state index >= 15 is 0 Å². The molecule has 0 aromatic heterocycles. The summed E-state index contributed by atoms with van der Waals surface area (Å²) < 4.78 is 5.32. The van der Waals surface area contributed by atoms with E-state index in [1.54, 1.807) is 24.3 Å². The molecule has 0 atom stereocenters. The number of esters is 1. The van der Waals surface area contributed by atoms with Crippen molar-refractivity contribution in [2.45, 2.75) is 0 Å². The van der Waals surface area contributed by atoms with Gasteiger partial charge in [-0.15, -0.1) is 0 Å². The summed E-state index contributed by atoms with van der Waals surface area (Å²) in [6.45, 7) is 0. The van der Waals surface area contributed by atoms with Crippen molar-refractivity contribution in [3.63, 3.8) is 0 Å². The van der Waals surface area contributed by atoms with Crippen LogP contribution in [-0.2, 0) is 14.3 Å². The zero-order valence-corrected chi connectivity index (χ0v) is 10.7. The molecule has 0 unspecified atom stereocenters. The normalized spacial score (nSPS) is 10.8. The monoisotopic (exact) mass is 298 g/mol. The lowest BCUT2D eigenvalue weighted by Gasteiger charge is -2.07. The van der Waals surface area contributed by atoms with Gasteiger partial charge >= 0.3 is 5.97 Å². The van der Waals surface area contributed by atoms with Crippen LogP contribution in [0.25, 0.3) is 0 Å². The molecule has 1 aromatic carbocycles. The number of ether oxygens (including phenoxy) is 1. The van der Waals surface area contributed by atoms with Gasteiger partial charge in [-0.3, -0.25) is 4.79 Å².